The van der Waals surface area contributed by atoms with Gasteiger partial charge in [0.2, 0.25) is 5.91 Å². The SMILES string of the molecule is CCC(=O)N1CC(C)CC2OC3(CCC(C)C=C3C)C(C)C21. The van der Waals surface area contributed by atoms with Gasteiger partial charge in [0.05, 0.1) is 17.7 Å². The third-order valence-electron chi connectivity index (χ3n) is 6.29. The van der Waals surface area contributed by atoms with Crippen LogP contribution >= 0.6 is 0 Å². The number of hydrogen-bond acceptors (Lipinski definition) is 2. The lowest BCUT2D eigenvalue weighted by atomic mass is 9.71. The molecule has 2 saturated heterocycles. The summed E-state index contributed by atoms with van der Waals surface area (Å²) in [6, 6.07) is 0.264. The number of allylic oxidation sites excluding steroid dienone is 1. The summed E-state index contributed by atoms with van der Waals surface area (Å²) in [5, 5.41) is 0. The summed E-state index contributed by atoms with van der Waals surface area (Å²) < 4.78 is 6.70. The highest BCUT2D eigenvalue weighted by Gasteiger charge is 2.57. The van der Waals surface area contributed by atoms with Gasteiger partial charge in [-0.3, -0.25) is 4.79 Å². The van der Waals surface area contributed by atoms with E-state index in [0.29, 0.717) is 30.1 Å². The zero-order chi connectivity index (χ0) is 16.1. The Morgan fingerprint density at radius 2 is 2.14 bits per heavy atom. The Kier molecular flexibility index (Phi) is 4.13. The lowest BCUT2D eigenvalue weighted by Gasteiger charge is -2.42. The van der Waals surface area contributed by atoms with Gasteiger partial charge >= 0.3 is 0 Å². The van der Waals surface area contributed by atoms with Gasteiger partial charge in [-0.1, -0.05) is 33.8 Å². The Morgan fingerprint density at radius 3 is 2.77 bits per heavy atom. The molecule has 6 unspecified atom stereocenters. The molecule has 2 heterocycles. The summed E-state index contributed by atoms with van der Waals surface area (Å²) >= 11 is 0. The van der Waals surface area contributed by atoms with E-state index in [1.807, 2.05) is 6.92 Å². The molecule has 0 aromatic heterocycles. The van der Waals surface area contributed by atoms with Crippen LogP contribution in [0.25, 0.3) is 0 Å². The van der Waals surface area contributed by atoms with Crippen LogP contribution in [0.4, 0.5) is 0 Å². The van der Waals surface area contributed by atoms with Gasteiger partial charge in [-0.2, -0.15) is 0 Å². The Morgan fingerprint density at radius 1 is 1.41 bits per heavy atom. The van der Waals surface area contributed by atoms with Crippen LogP contribution in [-0.2, 0) is 9.53 Å². The molecule has 1 amide bonds. The monoisotopic (exact) mass is 305 g/mol. The van der Waals surface area contributed by atoms with Gasteiger partial charge in [0.1, 0.15) is 0 Å². The first-order chi connectivity index (χ1) is 10.4. The molecule has 0 aromatic carbocycles. The second-order valence-electron chi connectivity index (χ2n) is 7.93. The largest absolute Gasteiger partial charge is 0.365 e. The Hall–Kier alpha value is -0.830. The van der Waals surface area contributed by atoms with Gasteiger partial charge in [0.15, 0.2) is 0 Å². The molecule has 3 rings (SSSR count). The molecule has 3 aliphatic rings. The number of nitrogens with zero attached hydrogens (tertiary/aromatic N) is 1. The van der Waals surface area contributed by atoms with Gasteiger partial charge < -0.3 is 9.64 Å². The Bertz CT molecular complexity index is 486. The molecule has 2 aliphatic heterocycles. The molecule has 6 atom stereocenters. The van der Waals surface area contributed by atoms with E-state index in [0.717, 1.165) is 19.4 Å². The van der Waals surface area contributed by atoms with Crippen molar-refractivity contribution in [1.29, 1.82) is 0 Å². The number of rotatable bonds is 1. The predicted octanol–water partition coefficient (Wildman–Crippen LogP) is 3.78. The number of piperidine rings is 1. The maximum Gasteiger partial charge on any atom is 0.222 e. The first kappa shape index (κ1) is 16.0. The van der Waals surface area contributed by atoms with E-state index in [1.54, 1.807) is 0 Å². The summed E-state index contributed by atoms with van der Waals surface area (Å²) in [7, 11) is 0. The van der Waals surface area contributed by atoms with Gasteiger partial charge in [0.25, 0.3) is 0 Å². The van der Waals surface area contributed by atoms with Crippen LogP contribution in [0.5, 0.6) is 0 Å². The van der Waals surface area contributed by atoms with E-state index in [2.05, 4.69) is 38.7 Å². The van der Waals surface area contributed by atoms with Crippen LogP contribution in [0.2, 0.25) is 0 Å². The van der Waals surface area contributed by atoms with Crippen LogP contribution in [0.1, 0.15) is 60.3 Å². The Balaban J connectivity index is 1.94. The minimum Gasteiger partial charge on any atom is -0.365 e. The predicted molar refractivity (Wildman–Crippen MR) is 88.5 cm³/mol. The Labute approximate surface area is 135 Å². The number of carbonyl (C=O) groups excluding carboxylic acids is 1. The maximum atomic E-state index is 12.5. The van der Waals surface area contributed by atoms with Gasteiger partial charge in [-0.05, 0) is 43.6 Å². The molecule has 1 aliphatic carbocycles. The standard InChI is InChI=1S/C19H31NO2/c1-6-17(21)20-11-13(3)10-16-18(20)15(5)19(22-16)8-7-12(2)9-14(19)4/h9,12-13,15-16,18H,6-8,10-11H2,1-5H3. The molecule has 0 radical (unpaired) electrons. The minimum absolute atomic E-state index is 0.127. The molecule has 3 nitrogen and oxygen atoms in total. The summed E-state index contributed by atoms with van der Waals surface area (Å²) in [5.74, 6) is 1.87. The highest BCUT2D eigenvalue weighted by Crippen LogP contribution is 2.51. The number of hydrogen-bond donors (Lipinski definition) is 0. The van der Waals surface area contributed by atoms with Crippen molar-refractivity contribution in [3.8, 4) is 0 Å². The molecule has 22 heavy (non-hydrogen) atoms. The summed E-state index contributed by atoms with van der Waals surface area (Å²) in [5.41, 5.74) is 1.27. The first-order valence-corrected chi connectivity index (χ1v) is 9.05. The van der Waals surface area contributed by atoms with Crippen molar-refractivity contribution in [1.82, 2.24) is 4.90 Å². The summed E-state index contributed by atoms with van der Waals surface area (Å²) in [6.07, 6.45) is 6.60. The van der Waals surface area contributed by atoms with Gasteiger partial charge in [-0.25, -0.2) is 0 Å². The van der Waals surface area contributed by atoms with E-state index >= 15 is 0 Å². The highest BCUT2D eigenvalue weighted by atomic mass is 16.5. The highest BCUT2D eigenvalue weighted by molar-refractivity contribution is 5.76. The summed E-state index contributed by atoms with van der Waals surface area (Å²) in [4.78, 5) is 14.6. The fraction of sp³-hybridized carbons (Fsp3) is 0.842. The molecular formula is C19H31NO2. The van der Waals surface area contributed by atoms with Crippen molar-refractivity contribution >= 4 is 5.91 Å². The average molecular weight is 305 g/mol. The van der Waals surface area contributed by atoms with E-state index in [1.165, 1.54) is 12.0 Å². The van der Waals surface area contributed by atoms with Gasteiger partial charge in [-0.15, -0.1) is 0 Å². The van der Waals surface area contributed by atoms with E-state index < -0.39 is 0 Å². The van der Waals surface area contributed by atoms with Crippen molar-refractivity contribution in [2.75, 3.05) is 6.54 Å². The minimum atomic E-state index is -0.127. The van der Waals surface area contributed by atoms with E-state index in [-0.39, 0.29) is 17.7 Å². The quantitative estimate of drug-likeness (QED) is 0.690. The number of fused-ring (bicyclic) bond motifs is 1. The van der Waals surface area contributed by atoms with Crippen molar-refractivity contribution in [2.45, 2.75) is 78.0 Å². The summed E-state index contributed by atoms with van der Waals surface area (Å²) in [6.45, 7) is 12.0. The van der Waals surface area contributed by atoms with Crippen LogP contribution in [0.15, 0.2) is 11.6 Å². The first-order valence-electron chi connectivity index (χ1n) is 9.05. The molecule has 1 spiro atoms. The van der Waals surface area contributed by atoms with E-state index in [9.17, 15) is 4.79 Å². The number of amides is 1. The third-order valence-corrected chi connectivity index (χ3v) is 6.29. The average Bonchev–Trinajstić information content (AvgIpc) is 2.75. The third kappa shape index (κ3) is 2.33. The molecule has 0 N–H and O–H groups in total. The molecule has 0 aromatic rings. The number of ether oxygens (including phenoxy) is 1. The fourth-order valence-corrected chi connectivity index (χ4v) is 5.13. The van der Waals surface area contributed by atoms with Crippen molar-refractivity contribution in [3.63, 3.8) is 0 Å². The molecular weight excluding hydrogens is 274 g/mol. The zero-order valence-electron chi connectivity index (χ0n) is 14.8. The lowest BCUT2D eigenvalue weighted by Crippen LogP contribution is -2.54. The number of likely N-dealkylation sites (tertiary alicyclic amines) is 1. The normalized spacial score (nSPS) is 44.9. The van der Waals surface area contributed by atoms with Crippen LogP contribution in [0, 0.1) is 17.8 Å². The second kappa shape index (κ2) is 5.67. The van der Waals surface area contributed by atoms with E-state index in [4.69, 9.17) is 4.74 Å². The topological polar surface area (TPSA) is 29.5 Å². The van der Waals surface area contributed by atoms with Crippen LogP contribution in [0.3, 0.4) is 0 Å². The number of carbonyl (C=O) groups is 1. The molecule has 124 valence electrons. The van der Waals surface area contributed by atoms with Crippen molar-refractivity contribution < 1.29 is 9.53 Å². The maximum absolute atomic E-state index is 12.5. The molecule has 0 bridgehead atoms. The van der Waals surface area contributed by atoms with Gasteiger partial charge in [0, 0.05) is 18.9 Å². The smallest absolute Gasteiger partial charge is 0.222 e. The molecule has 0 saturated carbocycles. The van der Waals surface area contributed by atoms with Crippen molar-refractivity contribution in [2.24, 2.45) is 17.8 Å². The lowest BCUT2D eigenvalue weighted by molar-refractivity contribution is -0.139. The second-order valence-corrected chi connectivity index (χ2v) is 7.93. The van der Waals surface area contributed by atoms with Crippen LogP contribution < -0.4 is 0 Å². The fourth-order valence-electron chi connectivity index (χ4n) is 5.13. The molecule has 3 heteroatoms. The zero-order valence-corrected chi connectivity index (χ0v) is 14.8. The van der Waals surface area contributed by atoms with Crippen molar-refractivity contribution in [3.05, 3.63) is 11.6 Å². The van der Waals surface area contributed by atoms with Crippen LogP contribution in [-0.4, -0.2) is 35.1 Å². The molecule has 2 fully saturated rings.